The SMILES string of the molecule is CCOC(=O)c1cnn(-c2ccnc(C)c2)c1. The number of nitrogens with zero attached hydrogens (tertiary/aromatic N) is 3. The van der Waals surface area contributed by atoms with Gasteiger partial charge in [0.25, 0.3) is 0 Å². The van der Waals surface area contributed by atoms with Crippen molar-refractivity contribution in [1.29, 1.82) is 0 Å². The highest BCUT2D eigenvalue weighted by Gasteiger charge is 2.09. The summed E-state index contributed by atoms with van der Waals surface area (Å²) < 4.78 is 6.52. The molecule has 0 amide bonds. The van der Waals surface area contributed by atoms with E-state index < -0.39 is 0 Å². The van der Waals surface area contributed by atoms with E-state index in [1.807, 2.05) is 19.1 Å². The van der Waals surface area contributed by atoms with E-state index in [4.69, 9.17) is 4.74 Å². The summed E-state index contributed by atoms with van der Waals surface area (Å²) in [5.74, 6) is -0.357. The molecule has 0 bridgehead atoms. The van der Waals surface area contributed by atoms with Gasteiger partial charge in [-0.3, -0.25) is 4.98 Å². The first-order chi connectivity index (χ1) is 8.20. The van der Waals surface area contributed by atoms with Crippen molar-refractivity contribution >= 4 is 5.97 Å². The lowest BCUT2D eigenvalue weighted by Gasteiger charge is -2.01. The van der Waals surface area contributed by atoms with Crippen LogP contribution in [0.2, 0.25) is 0 Å². The molecular weight excluding hydrogens is 218 g/mol. The van der Waals surface area contributed by atoms with Gasteiger partial charge in [-0.05, 0) is 26.0 Å². The smallest absolute Gasteiger partial charge is 0.341 e. The molecule has 0 aliphatic heterocycles. The molecule has 0 radical (unpaired) electrons. The van der Waals surface area contributed by atoms with Gasteiger partial charge in [0.05, 0.1) is 24.1 Å². The molecule has 17 heavy (non-hydrogen) atoms. The zero-order valence-electron chi connectivity index (χ0n) is 9.75. The molecule has 0 aliphatic rings. The second kappa shape index (κ2) is 4.78. The Kier molecular flexibility index (Phi) is 3.18. The first kappa shape index (κ1) is 11.3. The molecule has 2 aromatic rings. The molecule has 0 atom stereocenters. The third kappa shape index (κ3) is 2.50. The lowest BCUT2D eigenvalue weighted by molar-refractivity contribution is 0.0526. The van der Waals surface area contributed by atoms with Crippen molar-refractivity contribution in [3.63, 3.8) is 0 Å². The number of esters is 1. The average Bonchev–Trinajstić information content (AvgIpc) is 2.78. The molecule has 0 aromatic carbocycles. The summed E-state index contributed by atoms with van der Waals surface area (Å²) in [6.07, 6.45) is 4.84. The summed E-state index contributed by atoms with van der Waals surface area (Å²) >= 11 is 0. The number of ether oxygens (including phenoxy) is 1. The number of carbonyl (C=O) groups excluding carboxylic acids is 1. The topological polar surface area (TPSA) is 57.0 Å². The predicted octanol–water partition coefficient (Wildman–Crippen LogP) is 1.75. The van der Waals surface area contributed by atoms with Crippen molar-refractivity contribution in [3.8, 4) is 5.69 Å². The highest BCUT2D eigenvalue weighted by Crippen LogP contribution is 2.09. The van der Waals surface area contributed by atoms with Crippen LogP contribution in [0.3, 0.4) is 0 Å². The number of pyridine rings is 1. The van der Waals surface area contributed by atoms with Gasteiger partial charge in [0.2, 0.25) is 0 Å². The largest absolute Gasteiger partial charge is 0.462 e. The molecule has 0 saturated carbocycles. The van der Waals surface area contributed by atoms with Crippen molar-refractivity contribution < 1.29 is 9.53 Å². The number of aromatic nitrogens is 3. The molecule has 0 unspecified atom stereocenters. The molecule has 88 valence electrons. The van der Waals surface area contributed by atoms with E-state index in [1.54, 1.807) is 24.0 Å². The summed E-state index contributed by atoms with van der Waals surface area (Å²) in [5, 5.41) is 4.12. The van der Waals surface area contributed by atoms with Crippen molar-refractivity contribution in [2.45, 2.75) is 13.8 Å². The molecule has 0 spiro atoms. The zero-order valence-corrected chi connectivity index (χ0v) is 9.75. The van der Waals surface area contributed by atoms with Crippen LogP contribution in [-0.2, 0) is 4.74 Å². The Bertz CT molecular complexity index is 534. The number of hydrogen-bond acceptors (Lipinski definition) is 4. The quantitative estimate of drug-likeness (QED) is 0.755. The Morgan fingerprint density at radius 1 is 1.53 bits per heavy atom. The van der Waals surface area contributed by atoms with E-state index in [1.165, 1.54) is 6.20 Å². The first-order valence-electron chi connectivity index (χ1n) is 5.35. The van der Waals surface area contributed by atoms with Crippen LogP contribution in [0, 0.1) is 6.92 Å². The Morgan fingerprint density at radius 3 is 3.06 bits per heavy atom. The van der Waals surface area contributed by atoms with Crippen molar-refractivity contribution in [1.82, 2.24) is 14.8 Å². The van der Waals surface area contributed by atoms with Crippen LogP contribution in [0.4, 0.5) is 0 Å². The van der Waals surface area contributed by atoms with Gasteiger partial charge in [-0.25, -0.2) is 9.48 Å². The Balaban J connectivity index is 2.27. The highest BCUT2D eigenvalue weighted by molar-refractivity contribution is 5.88. The van der Waals surface area contributed by atoms with Gasteiger partial charge >= 0.3 is 5.97 Å². The van der Waals surface area contributed by atoms with Crippen LogP contribution in [0.5, 0.6) is 0 Å². The molecule has 0 aliphatic carbocycles. The minimum absolute atomic E-state index is 0.357. The molecule has 0 N–H and O–H groups in total. The lowest BCUT2D eigenvalue weighted by Crippen LogP contribution is -2.03. The summed E-state index contributed by atoms with van der Waals surface area (Å²) in [7, 11) is 0. The minimum Gasteiger partial charge on any atom is -0.462 e. The Morgan fingerprint density at radius 2 is 2.35 bits per heavy atom. The van der Waals surface area contributed by atoms with Crippen LogP contribution in [0.1, 0.15) is 23.0 Å². The van der Waals surface area contributed by atoms with Gasteiger partial charge in [0.1, 0.15) is 0 Å². The highest BCUT2D eigenvalue weighted by atomic mass is 16.5. The van der Waals surface area contributed by atoms with Crippen LogP contribution in [0.25, 0.3) is 5.69 Å². The van der Waals surface area contributed by atoms with E-state index in [-0.39, 0.29) is 5.97 Å². The second-order valence-corrected chi connectivity index (χ2v) is 3.55. The van der Waals surface area contributed by atoms with Crippen LogP contribution < -0.4 is 0 Å². The van der Waals surface area contributed by atoms with E-state index in [2.05, 4.69) is 10.1 Å². The number of aryl methyl sites for hydroxylation is 1. The zero-order chi connectivity index (χ0) is 12.3. The van der Waals surface area contributed by atoms with Gasteiger partial charge in [-0.1, -0.05) is 0 Å². The van der Waals surface area contributed by atoms with E-state index in [0.29, 0.717) is 12.2 Å². The molecule has 5 heteroatoms. The summed E-state index contributed by atoms with van der Waals surface area (Å²) in [4.78, 5) is 15.6. The fraction of sp³-hybridized carbons (Fsp3) is 0.250. The summed E-state index contributed by atoms with van der Waals surface area (Å²) in [6.45, 7) is 4.03. The molecule has 0 fully saturated rings. The minimum atomic E-state index is -0.357. The molecule has 2 aromatic heterocycles. The maximum absolute atomic E-state index is 11.5. The van der Waals surface area contributed by atoms with E-state index >= 15 is 0 Å². The number of carbonyl (C=O) groups is 1. The Hall–Kier alpha value is -2.17. The number of hydrogen-bond donors (Lipinski definition) is 0. The fourth-order valence-electron chi connectivity index (χ4n) is 1.46. The Labute approximate surface area is 99.1 Å². The van der Waals surface area contributed by atoms with Crippen molar-refractivity contribution in [2.75, 3.05) is 6.61 Å². The third-order valence-electron chi connectivity index (χ3n) is 2.24. The van der Waals surface area contributed by atoms with E-state index in [0.717, 1.165) is 11.4 Å². The van der Waals surface area contributed by atoms with Gasteiger partial charge in [0, 0.05) is 18.1 Å². The molecule has 5 nitrogen and oxygen atoms in total. The van der Waals surface area contributed by atoms with Gasteiger partial charge in [0.15, 0.2) is 0 Å². The molecule has 0 saturated heterocycles. The monoisotopic (exact) mass is 231 g/mol. The summed E-state index contributed by atoms with van der Waals surface area (Å²) in [6, 6.07) is 3.72. The average molecular weight is 231 g/mol. The summed E-state index contributed by atoms with van der Waals surface area (Å²) in [5.41, 5.74) is 2.21. The normalized spacial score (nSPS) is 10.2. The predicted molar refractivity (Wildman–Crippen MR) is 62.1 cm³/mol. The second-order valence-electron chi connectivity index (χ2n) is 3.55. The van der Waals surface area contributed by atoms with Crippen LogP contribution in [0.15, 0.2) is 30.7 Å². The standard InChI is InChI=1S/C12H13N3O2/c1-3-17-12(16)10-7-14-15(8-10)11-4-5-13-9(2)6-11/h4-8H,3H2,1-2H3. The molecule has 2 rings (SSSR count). The lowest BCUT2D eigenvalue weighted by atomic mass is 10.3. The third-order valence-corrected chi connectivity index (χ3v) is 2.24. The number of rotatable bonds is 3. The van der Waals surface area contributed by atoms with Crippen LogP contribution >= 0.6 is 0 Å². The van der Waals surface area contributed by atoms with E-state index in [9.17, 15) is 4.79 Å². The maximum Gasteiger partial charge on any atom is 0.341 e. The maximum atomic E-state index is 11.5. The van der Waals surface area contributed by atoms with Gasteiger partial charge < -0.3 is 4.74 Å². The molecule has 2 heterocycles. The first-order valence-corrected chi connectivity index (χ1v) is 5.35. The van der Waals surface area contributed by atoms with Gasteiger partial charge in [-0.15, -0.1) is 0 Å². The van der Waals surface area contributed by atoms with Crippen molar-refractivity contribution in [3.05, 3.63) is 42.0 Å². The molecular formula is C12H13N3O2. The fourth-order valence-corrected chi connectivity index (χ4v) is 1.46. The van der Waals surface area contributed by atoms with Crippen molar-refractivity contribution in [2.24, 2.45) is 0 Å². The van der Waals surface area contributed by atoms with Gasteiger partial charge in [-0.2, -0.15) is 5.10 Å². The van der Waals surface area contributed by atoms with Crippen LogP contribution in [-0.4, -0.2) is 27.3 Å².